The number of aliphatic hydroxyl groups excluding tert-OH is 1. The number of hydrogen-bond donors (Lipinski definition) is 2. The van der Waals surface area contributed by atoms with Crippen LogP contribution in [0.5, 0.6) is 0 Å². The minimum atomic E-state index is -0.146. The van der Waals surface area contributed by atoms with Crippen LogP contribution in [0.2, 0.25) is 0 Å². The zero-order chi connectivity index (χ0) is 13.8. The van der Waals surface area contributed by atoms with Crippen molar-refractivity contribution in [2.45, 2.75) is 38.8 Å². The van der Waals surface area contributed by atoms with Gasteiger partial charge < -0.3 is 15.3 Å². The summed E-state index contributed by atoms with van der Waals surface area (Å²) >= 11 is 1.44. The van der Waals surface area contributed by atoms with Gasteiger partial charge in [-0.1, -0.05) is 6.42 Å². The summed E-state index contributed by atoms with van der Waals surface area (Å²) in [6.07, 6.45) is 3.03. The summed E-state index contributed by atoms with van der Waals surface area (Å²) in [5.74, 6) is 0.293. The molecule has 1 aromatic heterocycles. The van der Waals surface area contributed by atoms with Crippen molar-refractivity contribution in [2.75, 3.05) is 18.9 Å². The van der Waals surface area contributed by atoms with Crippen LogP contribution >= 0.6 is 11.3 Å². The van der Waals surface area contributed by atoms with E-state index in [0.717, 1.165) is 38.0 Å². The zero-order valence-electron chi connectivity index (χ0n) is 11.4. The highest BCUT2D eigenvalue weighted by molar-refractivity contribution is 7.13. The molecule has 1 amide bonds. The number of rotatable bonds is 5. The highest BCUT2D eigenvalue weighted by Gasteiger charge is 2.26. The fourth-order valence-corrected chi connectivity index (χ4v) is 3.31. The third-order valence-corrected chi connectivity index (χ3v) is 4.24. The van der Waals surface area contributed by atoms with Gasteiger partial charge in [0.2, 0.25) is 5.91 Å². The molecule has 0 spiro atoms. The van der Waals surface area contributed by atoms with E-state index in [2.05, 4.69) is 15.2 Å². The lowest BCUT2D eigenvalue weighted by molar-refractivity contribution is -0.114. The first-order valence-corrected chi connectivity index (χ1v) is 7.51. The van der Waals surface area contributed by atoms with Crippen molar-refractivity contribution >= 4 is 22.4 Å². The average molecular weight is 283 g/mol. The number of thiazole rings is 1. The van der Waals surface area contributed by atoms with E-state index in [1.165, 1.54) is 18.3 Å². The van der Waals surface area contributed by atoms with Crippen molar-refractivity contribution in [3.8, 4) is 0 Å². The lowest BCUT2D eigenvalue weighted by Gasteiger charge is -2.22. The molecule has 0 aliphatic heterocycles. The number of amides is 1. The van der Waals surface area contributed by atoms with Crippen molar-refractivity contribution in [2.24, 2.45) is 5.92 Å². The Labute approximate surface area is 117 Å². The highest BCUT2D eigenvalue weighted by Crippen LogP contribution is 2.26. The summed E-state index contributed by atoms with van der Waals surface area (Å²) in [5, 5.41) is 15.1. The van der Waals surface area contributed by atoms with E-state index >= 15 is 0 Å². The molecule has 19 heavy (non-hydrogen) atoms. The van der Waals surface area contributed by atoms with E-state index in [4.69, 9.17) is 0 Å². The smallest absolute Gasteiger partial charge is 0.223 e. The Morgan fingerprint density at radius 2 is 2.42 bits per heavy atom. The molecule has 1 heterocycles. The van der Waals surface area contributed by atoms with Crippen LogP contribution in [-0.4, -0.2) is 40.6 Å². The van der Waals surface area contributed by atoms with Gasteiger partial charge in [-0.15, -0.1) is 11.3 Å². The van der Waals surface area contributed by atoms with E-state index in [1.807, 2.05) is 12.4 Å². The zero-order valence-corrected chi connectivity index (χ0v) is 12.2. The molecule has 2 rings (SSSR count). The molecule has 2 N–H and O–H groups in total. The second-order valence-electron chi connectivity index (χ2n) is 5.28. The normalized spacial score (nSPS) is 22.9. The van der Waals surface area contributed by atoms with Crippen LogP contribution in [0.15, 0.2) is 5.38 Å². The van der Waals surface area contributed by atoms with Gasteiger partial charge in [0.1, 0.15) is 0 Å². The summed E-state index contributed by atoms with van der Waals surface area (Å²) in [4.78, 5) is 17.5. The van der Waals surface area contributed by atoms with E-state index < -0.39 is 0 Å². The quantitative estimate of drug-likeness (QED) is 0.863. The molecule has 2 atom stereocenters. The van der Waals surface area contributed by atoms with Crippen LogP contribution in [-0.2, 0) is 11.3 Å². The van der Waals surface area contributed by atoms with Gasteiger partial charge in [-0.05, 0) is 25.8 Å². The number of hydrogen-bond acceptors (Lipinski definition) is 5. The number of nitrogens with zero attached hydrogens (tertiary/aromatic N) is 2. The van der Waals surface area contributed by atoms with Crippen LogP contribution in [0, 0.1) is 5.92 Å². The van der Waals surface area contributed by atoms with E-state index in [1.54, 1.807) is 0 Å². The fraction of sp³-hybridized carbons (Fsp3) is 0.692. The van der Waals surface area contributed by atoms with Gasteiger partial charge in [-0.3, -0.25) is 4.79 Å². The average Bonchev–Trinajstić information content (AvgIpc) is 2.89. The van der Waals surface area contributed by atoms with Gasteiger partial charge in [0.15, 0.2) is 5.13 Å². The highest BCUT2D eigenvalue weighted by atomic mass is 32.1. The van der Waals surface area contributed by atoms with Crippen molar-refractivity contribution in [3.05, 3.63) is 11.1 Å². The van der Waals surface area contributed by atoms with Gasteiger partial charge in [0.05, 0.1) is 11.8 Å². The summed E-state index contributed by atoms with van der Waals surface area (Å²) in [6.45, 7) is 3.13. The van der Waals surface area contributed by atoms with Gasteiger partial charge in [-0.2, -0.15) is 0 Å². The predicted molar refractivity (Wildman–Crippen MR) is 76.1 cm³/mol. The largest absolute Gasteiger partial charge is 0.393 e. The molecular formula is C13H21N3O2S. The molecule has 1 fully saturated rings. The molecule has 0 saturated heterocycles. The Kier molecular flexibility index (Phi) is 4.90. The molecule has 1 aliphatic rings. The molecule has 1 saturated carbocycles. The molecule has 0 radical (unpaired) electrons. The SMILES string of the molecule is CC(=O)Nc1nc(CN(C)CC2CCCC2O)cs1. The summed E-state index contributed by atoms with van der Waals surface area (Å²) < 4.78 is 0. The standard InChI is InChI=1S/C13H21N3O2S/c1-9(17)14-13-15-11(8-19-13)7-16(2)6-10-4-3-5-12(10)18/h8,10,12,18H,3-7H2,1-2H3,(H,14,15,17). The van der Waals surface area contributed by atoms with E-state index in [-0.39, 0.29) is 12.0 Å². The number of carbonyl (C=O) groups is 1. The molecule has 5 nitrogen and oxygen atoms in total. The molecule has 1 aliphatic carbocycles. The third-order valence-electron chi connectivity index (χ3n) is 3.43. The van der Waals surface area contributed by atoms with Crippen LogP contribution in [0.4, 0.5) is 5.13 Å². The maximum absolute atomic E-state index is 10.9. The molecule has 106 valence electrons. The van der Waals surface area contributed by atoms with Crippen LogP contribution in [0.25, 0.3) is 0 Å². The Hall–Kier alpha value is -0.980. The van der Waals surface area contributed by atoms with Crippen molar-refractivity contribution in [3.63, 3.8) is 0 Å². The van der Waals surface area contributed by atoms with Crippen molar-refractivity contribution in [1.82, 2.24) is 9.88 Å². The Balaban J connectivity index is 1.82. The topological polar surface area (TPSA) is 65.5 Å². The van der Waals surface area contributed by atoms with Gasteiger partial charge in [-0.25, -0.2) is 4.98 Å². The third kappa shape index (κ3) is 4.26. The Morgan fingerprint density at radius 3 is 3.05 bits per heavy atom. The van der Waals surface area contributed by atoms with Crippen LogP contribution < -0.4 is 5.32 Å². The number of anilines is 1. The van der Waals surface area contributed by atoms with Gasteiger partial charge in [0.25, 0.3) is 0 Å². The second kappa shape index (κ2) is 6.45. The van der Waals surface area contributed by atoms with Crippen LogP contribution in [0.1, 0.15) is 31.9 Å². The first-order chi connectivity index (χ1) is 9.04. The van der Waals surface area contributed by atoms with Crippen molar-refractivity contribution in [1.29, 1.82) is 0 Å². The minimum absolute atomic E-state index is 0.0941. The summed E-state index contributed by atoms with van der Waals surface area (Å²) in [5.41, 5.74) is 0.962. The summed E-state index contributed by atoms with van der Waals surface area (Å²) in [6, 6.07) is 0. The van der Waals surface area contributed by atoms with Crippen molar-refractivity contribution < 1.29 is 9.90 Å². The number of nitrogens with one attached hydrogen (secondary N) is 1. The monoisotopic (exact) mass is 283 g/mol. The van der Waals surface area contributed by atoms with E-state index in [9.17, 15) is 9.90 Å². The second-order valence-corrected chi connectivity index (χ2v) is 6.14. The lowest BCUT2D eigenvalue weighted by atomic mass is 10.1. The lowest BCUT2D eigenvalue weighted by Crippen LogP contribution is -2.29. The van der Waals surface area contributed by atoms with Gasteiger partial charge >= 0.3 is 0 Å². The molecule has 0 aromatic carbocycles. The Bertz CT molecular complexity index is 435. The predicted octanol–water partition coefficient (Wildman–Crippen LogP) is 1.69. The van der Waals surface area contributed by atoms with Gasteiger partial charge in [0, 0.05) is 25.4 Å². The number of aromatic nitrogens is 1. The maximum Gasteiger partial charge on any atom is 0.223 e. The first kappa shape index (κ1) is 14.4. The molecule has 6 heteroatoms. The number of carbonyl (C=O) groups excluding carboxylic acids is 1. The Morgan fingerprint density at radius 1 is 1.63 bits per heavy atom. The first-order valence-electron chi connectivity index (χ1n) is 6.63. The molecule has 0 bridgehead atoms. The minimum Gasteiger partial charge on any atom is -0.393 e. The molecular weight excluding hydrogens is 262 g/mol. The summed E-state index contributed by atoms with van der Waals surface area (Å²) in [7, 11) is 2.04. The van der Waals surface area contributed by atoms with E-state index in [0.29, 0.717) is 11.0 Å². The molecule has 1 aromatic rings. The van der Waals surface area contributed by atoms with Crippen LogP contribution in [0.3, 0.4) is 0 Å². The fourth-order valence-electron chi connectivity index (χ4n) is 2.56. The molecule has 2 unspecified atom stereocenters. The number of aliphatic hydroxyl groups is 1. The maximum atomic E-state index is 10.9.